The number of carbonyl (C=O) groups excluding carboxylic acids is 1. The van der Waals surface area contributed by atoms with Crippen LogP contribution in [-0.4, -0.2) is 24.4 Å². The lowest BCUT2D eigenvalue weighted by Crippen LogP contribution is -2.41. The molecular weight excluding hydrogens is 369 g/mol. The van der Waals surface area contributed by atoms with Gasteiger partial charge in [-0.15, -0.1) is 0 Å². The second-order valence-corrected chi connectivity index (χ2v) is 7.82. The third-order valence-electron chi connectivity index (χ3n) is 4.89. The van der Waals surface area contributed by atoms with Gasteiger partial charge in [0.25, 0.3) is 0 Å². The summed E-state index contributed by atoms with van der Waals surface area (Å²) in [5.74, 6) is -0.595. The summed E-state index contributed by atoms with van der Waals surface area (Å²) in [6.07, 6.45) is 0. The molecular formula is C19H21BClFN2O3. The van der Waals surface area contributed by atoms with Crippen molar-refractivity contribution < 1.29 is 18.5 Å². The van der Waals surface area contributed by atoms with Crippen molar-refractivity contribution in [3.05, 3.63) is 53.3 Å². The summed E-state index contributed by atoms with van der Waals surface area (Å²) < 4.78 is 26.7. The molecule has 8 heteroatoms. The van der Waals surface area contributed by atoms with Crippen LogP contribution in [0.3, 0.4) is 0 Å². The Morgan fingerprint density at radius 1 is 1.00 bits per heavy atom. The van der Waals surface area contributed by atoms with Gasteiger partial charge in [0.2, 0.25) is 0 Å². The molecule has 0 aliphatic carbocycles. The van der Waals surface area contributed by atoms with E-state index in [9.17, 15) is 9.18 Å². The van der Waals surface area contributed by atoms with E-state index >= 15 is 0 Å². The number of carbonyl (C=O) groups is 1. The molecule has 2 amide bonds. The maximum Gasteiger partial charge on any atom is 0.497 e. The van der Waals surface area contributed by atoms with Crippen LogP contribution in [-0.2, 0) is 9.31 Å². The molecule has 2 aromatic rings. The summed E-state index contributed by atoms with van der Waals surface area (Å²) in [7, 11) is -0.851. The average Bonchev–Trinajstić information content (AvgIpc) is 2.79. The molecule has 5 nitrogen and oxygen atoms in total. The quantitative estimate of drug-likeness (QED) is 0.763. The van der Waals surface area contributed by atoms with Gasteiger partial charge in [-0.1, -0.05) is 23.7 Å². The number of halogens is 2. The van der Waals surface area contributed by atoms with Gasteiger partial charge in [0.05, 0.1) is 16.9 Å². The van der Waals surface area contributed by atoms with Crippen LogP contribution in [0.15, 0.2) is 42.5 Å². The Balaban J connectivity index is 1.75. The maximum absolute atomic E-state index is 15.0. The van der Waals surface area contributed by atoms with Crippen LogP contribution in [0.5, 0.6) is 0 Å². The lowest BCUT2D eigenvalue weighted by Gasteiger charge is -2.32. The summed E-state index contributed by atoms with van der Waals surface area (Å²) in [6, 6.07) is 10.7. The number of urea groups is 1. The van der Waals surface area contributed by atoms with Crippen molar-refractivity contribution in [3.8, 4) is 0 Å². The first-order chi connectivity index (χ1) is 12.6. The van der Waals surface area contributed by atoms with Gasteiger partial charge >= 0.3 is 13.1 Å². The van der Waals surface area contributed by atoms with Crippen molar-refractivity contribution in [3.63, 3.8) is 0 Å². The first kappa shape index (κ1) is 19.7. The van der Waals surface area contributed by atoms with E-state index in [-0.39, 0.29) is 11.2 Å². The Kier molecular flexibility index (Phi) is 5.21. The Hall–Kier alpha value is -2.09. The van der Waals surface area contributed by atoms with E-state index in [1.165, 1.54) is 6.07 Å². The minimum absolute atomic E-state index is 0.0358. The fourth-order valence-electron chi connectivity index (χ4n) is 2.62. The summed E-state index contributed by atoms with van der Waals surface area (Å²) in [4.78, 5) is 12.2. The summed E-state index contributed by atoms with van der Waals surface area (Å²) in [5, 5.41) is 5.69. The number of amides is 2. The number of benzene rings is 2. The van der Waals surface area contributed by atoms with Crippen molar-refractivity contribution in [2.75, 3.05) is 10.6 Å². The first-order valence-corrected chi connectivity index (χ1v) is 8.94. The molecule has 0 radical (unpaired) electrons. The Bertz CT molecular complexity index is 843. The SMILES string of the molecule is CC1(C)OB(c2cccc(NC(=O)Nc3ccc(Cl)cc3)c2F)OC1(C)C. The third-order valence-corrected chi connectivity index (χ3v) is 5.14. The van der Waals surface area contributed by atoms with E-state index < -0.39 is 30.2 Å². The molecule has 142 valence electrons. The molecule has 2 N–H and O–H groups in total. The van der Waals surface area contributed by atoms with Crippen LogP contribution >= 0.6 is 11.6 Å². The highest BCUT2D eigenvalue weighted by Crippen LogP contribution is 2.36. The Morgan fingerprint density at radius 3 is 2.19 bits per heavy atom. The molecule has 0 unspecified atom stereocenters. The molecule has 27 heavy (non-hydrogen) atoms. The first-order valence-electron chi connectivity index (χ1n) is 8.57. The standard InChI is InChI=1S/C19H21BClFN2O3/c1-18(2)19(3,4)27-20(26-18)14-6-5-7-15(16(14)22)24-17(25)23-13-10-8-12(21)9-11-13/h5-11H,1-4H3,(H2,23,24,25). The van der Waals surface area contributed by atoms with Crippen molar-refractivity contribution >= 4 is 41.6 Å². The maximum atomic E-state index is 15.0. The van der Waals surface area contributed by atoms with Crippen LogP contribution in [0.4, 0.5) is 20.6 Å². The number of hydrogen-bond donors (Lipinski definition) is 2. The molecule has 0 aromatic heterocycles. The monoisotopic (exact) mass is 390 g/mol. The number of anilines is 2. The molecule has 1 fully saturated rings. The average molecular weight is 391 g/mol. The van der Waals surface area contributed by atoms with Gasteiger partial charge in [-0.05, 0) is 58.0 Å². The molecule has 0 bridgehead atoms. The molecule has 3 rings (SSSR count). The van der Waals surface area contributed by atoms with Gasteiger partial charge < -0.3 is 19.9 Å². The minimum Gasteiger partial charge on any atom is -0.399 e. The van der Waals surface area contributed by atoms with Crippen LogP contribution in [0.2, 0.25) is 5.02 Å². The van der Waals surface area contributed by atoms with E-state index in [2.05, 4.69) is 10.6 Å². The van der Waals surface area contributed by atoms with Crippen LogP contribution in [0, 0.1) is 5.82 Å². The summed E-state index contributed by atoms with van der Waals surface area (Å²) >= 11 is 5.82. The molecule has 0 saturated carbocycles. The second-order valence-electron chi connectivity index (χ2n) is 7.38. The molecule has 1 aliphatic heterocycles. The van der Waals surface area contributed by atoms with Crippen molar-refractivity contribution in [2.24, 2.45) is 0 Å². The van der Waals surface area contributed by atoms with Gasteiger partial charge in [0.1, 0.15) is 5.82 Å². The van der Waals surface area contributed by atoms with Crippen molar-refractivity contribution in [1.82, 2.24) is 0 Å². The predicted molar refractivity (Wildman–Crippen MR) is 106 cm³/mol. The third kappa shape index (κ3) is 4.10. The van der Waals surface area contributed by atoms with E-state index in [1.807, 2.05) is 27.7 Å². The largest absolute Gasteiger partial charge is 0.497 e. The van der Waals surface area contributed by atoms with E-state index in [0.29, 0.717) is 10.7 Å². The number of rotatable bonds is 3. The number of nitrogens with one attached hydrogen (secondary N) is 2. The number of hydrogen-bond acceptors (Lipinski definition) is 3. The Morgan fingerprint density at radius 2 is 1.59 bits per heavy atom. The van der Waals surface area contributed by atoms with Gasteiger partial charge in [-0.2, -0.15) is 0 Å². The molecule has 1 heterocycles. The van der Waals surface area contributed by atoms with Gasteiger partial charge in [-0.25, -0.2) is 9.18 Å². The highest BCUT2D eigenvalue weighted by atomic mass is 35.5. The Labute approximate surface area is 163 Å². The van der Waals surface area contributed by atoms with E-state index in [0.717, 1.165) is 0 Å². The zero-order chi connectivity index (χ0) is 19.8. The van der Waals surface area contributed by atoms with Gasteiger partial charge in [-0.3, -0.25) is 0 Å². The van der Waals surface area contributed by atoms with E-state index in [4.69, 9.17) is 20.9 Å². The molecule has 1 aliphatic rings. The predicted octanol–water partition coefficient (Wildman–Crippen LogP) is 4.42. The molecule has 0 atom stereocenters. The van der Waals surface area contributed by atoms with Gasteiger partial charge in [0, 0.05) is 16.2 Å². The highest BCUT2D eigenvalue weighted by molar-refractivity contribution is 6.62. The molecule has 2 aromatic carbocycles. The normalized spacial score (nSPS) is 17.6. The second kappa shape index (κ2) is 7.15. The van der Waals surface area contributed by atoms with Crippen LogP contribution in [0.1, 0.15) is 27.7 Å². The van der Waals surface area contributed by atoms with Crippen molar-refractivity contribution in [1.29, 1.82) is 0 Å². The lowest BCUT2D eigenvalue weighted by atomic mass is 9.78. The zero-order valence-corrected chi connectivity index (χ0v) is 16.4. The minimum atomic E-state index is -0.851. The van der Waals surface area contributed by atoms with Crippen LogP contribution in [0.25, 0.3) is 0 Å². The fourth-order valence-corrected chi connectivity index (χ4v) is 2.74. The summed E-state index contributed by atoms with van der Waals surface area (Å²) in [6.45, 7) is 7.58. The highest BCUT2D eigenvalue weighted by Gasteiger charge is 2.52. The summed E-state index contributed by atoms with van der Waals surface area (Å²) in [5.41, 5.74) is -0.357. The fraction of sp³-hybridized carbons (Fsp3) is 0.316. The topological polar surface area (TPSA) is 59.6 Å². The van der Waals surface area contributed by atoms with Crippen molar-refractivity contribution in [2.45, 2.75) is 38.9 Å². The smallest absolute Gasteiger partial charge is 0.399 e. The van der Waals surface area contributed by atoms with Crippen LogP contribution < -0.4 is 16.1 Å². The van der Waals surface area contributed by atoms with E-state index in [1.54, 1.807) is 36.4 Å². The lowest BCUT2D eigenvalue weighted by molar-refractivity contribution is 0.00578. The molecule has 1 saturated heterocycles. The zero-order valence-electron chi connectivity index (χ0n) is 15.6. The molecule has 0 spiro atoms. The van der Waals surface area contributed by atoms with Gasteiger partial charge in [0.15, 0.2) is 0 Å².